The fourth-order valence-electron chi connectivity index (χ4n) is 2.81. The third-order valence-electron chi connectivity index (χ3n) is 4.32. The van der Waals surface area contributed by atoms with Gasteiger partial charge >= 0.3 is 0 Å². The summed E-state index contributed by atoms with van der Waals surface area (Å²) < 4.78 is 13.3. The first-order chi connectivity index (χ1) is 12.9. The predicted octanol–water partition coefficient (Wildman–Crippen LogP) is 3.37. The zero-order valence-electron chi connectivity index (χ0n) is 14.9. The number of carbonyl (C=O) groups excluding carboxylic acids is 2. The first-order valence-electron chi connectivity index (χ1n) is 8.74. The normalized spacial score (nSPS) is 14.7. The highest BCUT2D eigenvalue weighted by atomic mass is 35.5. The maximum absolute atomic E-state index is 13.3. The Bertz CT molecular complexity index is 807. The third kappa shape index (κ3) is 5.52. The van der Waals surface area contributed by atoms with Crippen LogP contribution in [0.3, 0.4) is 0 Å². The standard InChI is InChI=1S/C20H21ClFN3O2/c1-25(12-18(26)23-16-8-4-14(21)5-9-16)19(20(27)24-17-10-11-17)13-2-6-15(22)7-3-13/h2-9,17,19H,10-12H2,1H3,(H,23,26)(H,24,27). The molecule has 7 heteroatoms. The number of likely N-dealkylation sites (N-methyl/N-ethyl adjacent to an activating group) is 1. The van der Waals surface area contributed by atoms with E-state index >= 15 is 0 Å². The SMILES string of the molecule is CN(CC(=O)Nc1ccc(Cl)cc1)C(C(=O)NC1CC1)c1ccc(F)cc1. The van der Waals surface area contributed by atoms with Gasteiger partial charge in [-0.25, -0.2) is 4.39 Å². The number of nitrogens with one attached hydrogen (secondary N) is 2. The largest absolute Gasteiger partial charge is 0.352 e. The van der Waals surface area contributed by atoms with E-state index in [4.69, 9.17) is 11.6 Å². The van der Waals surface area contributed by atoms with Gasteiger partial charge in [-0.2, -0.15) is 0 Å². The van der Waals surface area contributed by atoms with Crippen molar-refractivity contribution in [2.24, 2.45) is 0 Å². The topological polar surface area (TPSA) is 61.4 Å². The number of hydrogen-bond donors (Lipinski definition) is 2. The highest BCUT2D eigenvalue weighted by molar-refractivity contribution is 6.30. The molecule has 0 aliphatic heterocycles. The molecule has 2 aromatic carbocycles. The van der Waals surface area contributed by atoms with E-state index in [-0.39, 0.29) is 30.2 Å². The minimum atomic E-state index is -0.679. The molecular formula is C20H21ClFN3O2. The zero-order valence-corrected chi connectivity index (χ0v) is 15.7. The number of hydrogen-bond acceptors (Lipinski definition) is 3. The van der Waals surface area contributed by atoms with Gasteiger partial charge in [0.2, 0.25) is 11.8 Å². The first-order valence-corrected chi connectivity index (χ1v) is 9.11. The van der Waals surface area contributed by atoms with Gasteiger partial charge in [0, 0.05) is 16.8 Å². The molecule has 0 spiro atoms. The molecule has 0 heterocycles. The summed E-state index contributed by atoms with van der Waals surface area (Å²) in [4.78, 5) is 26.7. The number of amides is 2. The van der Waals surface area contributed by atoms with Gasteiger partial charge in [-0.15, -0.1) is 0 Å². The van der Waals surface area contributed by atoms with E-state index in [0.717, 1.165) is 12.8 Å². The Kier molecular flexibility index (Phi) is 6.08. The van der Waals surface area contributed by atoms with E-state index in [0.29, 0.717) is 16.3 Å². The molecule has 2 N–H and O–H groups in total. The van der Waals surface area contributed by atoms with E-state index < -0.39 is 6.04 Å². The molecule has 1 aliphatic carbocycles. The second-order valence-electron chi connectivity index (χ2n) is 6.71. The van der Waals surface area contributed by atoms with Crippen LogP contribution in [0.25, 0.3) is 0 Å². The van der Waals surface area contributed by atoms with Crippen LogP contribution in [0.1, 0.15) is 24.4 Å². The highest BCUT2D eigenvalue weighted by Crippen LogP contribution is 2.24. The molecule has 1 aliphatic rings. The first kappa shape index (κ1) is 19.3. The Morgan fingerprint density at radius 2 is 1.78 bits per heavy atom. The number of benzene rings is 2. The average molecular weight is 390 g/mol. The van der Waals surface area contributed by atoms with Gasteiger partial charge < -0.3 is 10.6 Å². The zero-order chi connectivity index (χ0) is 19.4. The molecule has 3 rings (SSSR count). The molecular weight excluding hydrogens is 369 g/mol. The maximum atomic E-state index is 13.3. The molecule has 1 atom stereocenters. The van der Waals surface area contributed by atoms with Crippen molar-refractivity contribution in [1.29, 1.82) is 0 Å². The Morgan fingerprint density at radius 3 is 2.37 bits per heavy atom. The Labute approximate surface area is 162 Å². The van der Waals surface area contributed by atoms with Gasteiger partial charge in [0.25, 0.3) is 0 Å². The van der Waals surface area contributed by atoms with Gasteiger partial charge in [-0.1, -0.05) is 23.7 Å². The van der Waals surface area contributed by atoms with Crippen molar-refractivity contribution >= 4 is 29.1 Å². The van der Waals surface area contributed by atoms with Crippen LogP contribution in [-0.4, -0.2) is 36.3 Å². The molecule has 2 amide bonds. The summed E-state index contributed by atoms with van der Waals surface area (Å²) in [6.07, 6.45) is 1.92. The van der Waals surface area contributed by atoms with Crippen molar-refractivity contribution in [2.45, 2.75) is 24.9 Å². The minimum Gasteiger partial charge on any atom is -0.352 e. The van der Waals surface area contributed by atoms with Crippen molar-refractivity contribution in [1.82, 2.24) is 10.2 Å². The summed E-state index contributed by atoms with van der Waals surface area (Å²) in [7, 11) is 1.70. The van der Waals surface area contributed by atoms with E-state index in [1.807, 2.05) is 0 Å². The summed E-state index contributed by atoms with van der Waals surface area (Å²) >= 11 is 5.84. The quantitative estimate of drug-likeness (QED) is 0.763. The van der Waals surface area contributed by atoms with E-state index in [1.165, 1.54) is 12.1 Å². The molecule has 0 radical (unpaired) electrons. The van der Waals surface area contributed by atoms with Crippen LogP contribution < -0.4 is 10.6 Å². The lowest BCUT2D eigenvalue weighted by Crippen LogP contribution is -2.42. The van der Waals surface area contributed by atoms with Crippen LogP contribution in [-0.2, 0) is 9.59 Å². The van der Waals surface area contributed by atoms with Crippen molar-refractivity contribution in [2.75, 3.05) is 18.9 Å². The molecule has 2 aromatic rings. The van der Waals surface area contributed by atoms with Crippen LogP contribution in [0.5, 0.6) is 0 Å². The van der Waals surface area contributed by atoms with Gasteiger partial charge in [0.1, 0.15) is 11.9 Å². The van der Waals surface area contributed by atoms with Crippen molar-refractivity contribution < 1.29 is 14.0 Å². The molecule has 0 saturated heterocycles. The van der Waals surface area contributed by atoms with Crippen LogP contribution >= 0.6 is 11.6 Å². The molecule has 1 unspecified atom stereocenters. The van der Waals surface area contributed by atoms with Gasteiger partial charge in [-0.05, 0) is 61.9 Å². The molecule has 0 bridgehead atoms. The van der Waals surface area contributed by atoms with Gasteiger partial charge in [0.15, 0.2) is 0 Å². The summed E-state index contributed by atoms with van der Waals surface area (Å²) in [6.45, 7) is 0.00273. The molecule has 142 valence electrons. The summed E-state index contributed by atoms with van der Waals surface area (Å²) in [5, 5.41) is 6.31. The third-order valence-corrected chi connectivity index (χ3v) is 4.57. The van der Waals surface area contributed by atoms with Crippen LogP contribution in [0, 0.1) is 5.82 Å². The van der Waals surface area contributed by atoms with E-state index in [2.05, 4.69) is 10.6 Å². The molecule has 27 heavy (non-hydrogen) atoms. The fraction of sp³-hybridized carbons (Fsp3) is 0.300. The lowest BCUT2D eigenvalue weighted by atomic mass is 10.0. The number of rotatable bonds is 7. The van der Waals surface area contributed by atoms with Gasteiger partial charge in [0.05, 0.1) is 6.54 Å². The number of halogens is 2. The average Bonchev–Trinajstić information content (AvgIpc) is 3.42. The van der Waals surface area contributed by atoms with Crippen LogP contribution in [0.2, 0.25) is 5.02 Å². The Morgan fingerprint density at radius 1 is 1.15 bits per heavy atom. The summed E-state index contributed by atoms with van der Waals surface area (Å²) in [6, 6.07) is 12.1. The van der Waals surface area contributed by atoms with Crippen LogP contribution in [0.4, 0.5) is 10.1 Å². The number of carbonyl (C=O) groups is 2. The van der Waals surface area contributed by atoms with Crippen molar-refractivity contribution in [3.05, 3.63) is 64.9 Å². The monoisotopic (exact) mass is 389 g/mol. The predicted molar refractivity (Wildman–Crippen MR) is 103 cm³/mol. The molecule has 5 nitrogen and oxygen atoms in total. The Hall–Kier alpha value is -2.44. The van der Waals surface area contributed by atoms with Gasteiger partial charge in [-0.3, -0.25) is 14.5 Å². The van der Waals surface area contributed by atoms with Crippen molar-refractivity contribution in [3.63, 3.8) is 0 Å². The summed E-state index contributed by atoms with van der Waals surface area (Å²) in [5.41, 5.74) is 1.26. The van der Waals surface area contributed by atoms with E-state index in [1.54, 1.807) is 48.3 Å². The maximum Gasteiger partial charge on any atom is 0.242 e. The minimum absolute atomic E-state index is 0.00273. The fourth-order valence-corrected chi connectivity index (χ4v) is 2.94. The second-order valence-corrected chi connectivity index (χ2v) is 7.14. The lowest BCUT2D eigenvalue weighted by molar-refractivity contribution is -0.127. The molecule has 0 aromatic heterocycles. The van der Waals surface area contributed by atoms with Crippen LogP contribution in [0.15, 0.2) is 48.5 Å². The second kappa shape index (κ2) is 8.50. The molecule has 1 saturated carbocycles. The lowest BCUT2D eigenvalue weighted by Gasteiger charge is -2.27. The number of nitrogens with zero attached hydrogens (tertiary/aromatic N) is 1. The number of anilines is 1. The smallest absolute Gasteiger partial charge is 0.242 e. The molecule has 1 fully saturated rings. The van der Waals surface area contributed by atoms with E-state index in [9.17, 15) is 14.0 Å². The summed E-state index contributed by atoms with van der Waals surface area (Å²) in [5.74, 6) is -0.819. The van der Waals surface area contributed by atoms with Crippen molar-refractivity contribution in [3.8, 4) is 0 Å². The highest BCUT2D eigenvalue weighted by Gasteiger charge is 2.31. The Balaban J connectivity index is 1.70.